The number of carboxylic acids is 1. The van der Waals surface area contributed by atoms with Crippen molar-refractivity contribution in [3.8, 4) is 0 Å². The van der Waals surface area contributed by atoms with Crippen molar-refractivity contribution in [3.05, 3.63) is 40.9 Å². The number of amides is 1. The number of nitrogens with one attached hydrogen (secondary N) is 1. The zero-order valence-electron chi connectivity index (χ0n) is 11.1. The maximum Gasteiger partial charge on any atom is 0.307 e. The number of hydrogen-bond donors (Lipinski definition) is 2. The van der Waals surface area contributed by atoms with E-state index in [2.05, 4.69) is 5.32 Å². The predicted molar refractivity (Wildman–Crippen MR) is 77.8 cm³/mol. The maximum atomic E-state index is 12.2. The molecule has 0 aromatic heterocycles. The lowest BCUT2D eigenvalue weighted by atomic mass is 9.82. The van der Waals surface area contributed by atoms with Crippen molar-refractivity contribution < 1.29 is 14.7 Å². The minimum absolute atomic E-state index is 0.276. The molecule has 20 heavy (non-hydrogen) atoms. The van der Waals surface area contributed by atoms with Crippen molar-refractivity contribution in [3.63, 3.8) is 0 Å². The first-order chi connectivity index (χ1) is 9.49. The van der Waals surface area contributed by atoms with Gasteiger partial charge in [-0.15, -0.1) is 0 Å². The molecule has 5 heteroatoms. The number of aliphatic carboxylic acids is 1. The van der Waals surface area contributed by atoms with Crippen molar-refractivity contribution in [1.29, 1.82) is 0 Å². The molecular weight excluding hydrogens is 278 g/mol. The molecular formula is C15H16ClNO3. The summed E-state index contributed by atoms with van der Waals surface area (Å²) in [6.45, 7) is 1.88. The Morgan fingerprint density at radius 2 is 1.90 bits per heavy atom. The zero-order valence-corrected chi connectivity index (χ0v) is 11.9. The van der Waals surface area contributed by atoms with Gasteiger partial charge in [0, 0.05) is 10.7 Å². The summed E-state index contributed by atoms with van der Waals surface area (Å²) in [6.07, 6.45) is 4.50. The van der Waals surface area contributed by atoms with Crippen LogP contribution in [-0.4, -0.2) is 17.0 Å². The smallest absolute Gasteiger partial charge is 0.307 e. The topological polar surface area (TPSA) is 66.4 Å². The molecule has 0 fully saturated rings. The summed E-state index contributed by atoms with van der Waals surface area (Å²) >= 11 is 6.01. The Kier molecular flexibility index (Phi) is 4.45. The lowest BCUT2D eigenvalue weighted by molar-refractivity contribution is -0.146. The number of carboxylic acid groups (broad SMARTS) is 1. The van der Waals surface area contributed by atoms with Crippen LogP contribution in [0.2, 0.25) is 5.02 Å². The van der Waals surface area contributed by atoms with Crippen LogP contribution in [0.15, 0.2) is 30.4 Å². The molecule has 2 N–H and O–H groups in total. The molecule has 0 spiro atoms. The Morgan fingerprint density at radius 1 is 1.25 bits per heavy atom. The lowest BCUT2D eigenvalue weighted by Gasteiger charge is -2.24. The molecule has 0 saturated carbocycles. The van der Waals surface area contributed by atoms with E-state index in [1.54, 1.807) is 12.1 Å². The van der Waals surface area contributed by atoms with E-state index in [0.29, 0.717) is 23.6 Å². The van der Waals surface area contributed by atoms with Gasteiger partial charge in [-0.1, -0.05) is 29.8 Å². The fourth-order valence-electron chi connectivity index (χ4n) is 2.28. The van der Waals surface area contributed by atoms with E-state index in [1.807, 2.05) is 25.1 Å². The number of anilines is 1. The Morgan fingerprint density at radius 3 is 2.50 bits per heavy atom. The Labute approximate surface area is 122 Å². The summed E-state index contributed by atoms with van der Waals surface area (Å²) in [7, 11) is 0. The monoisotopic (exact) mass is 293 g/mol. The number of carbonyl (C=O) groups is 2. The van der Waals surface area contributed by atoms with E-state index in [1.165, 1.54) is 0 Å². The van der Waals surface area contributed by atoms with E-state index in [9.17, 15) is 9.59 Å². The Bertz CT molecular complexity index is 568. The van der Waals surface area contributed by atoms with E-state index >= 15 is 0 Å². The fourth-order valence-corrected chi connectivity index (χ4v) is 2.46. The second kappa shape index (κ2) is 6.09. The van der Waals surface area contributed by atoms with Crippen molar-refractivity contribution in [2.45, 2.75) is 19.8 Å². The standard InChI is InChI=1S/C15H16ClNO3/c1-9-6-7-10(8-13(9)16)17-14(18)11-4-2-3-5-12(11)15(19)20/h2-3,6-8,11-12H,4-5H2,1H3,(H,17,18)(H,19,20)/t11-,12-/m0/s1. The second-order valence-electron chi connectivity index (χ2n) is 4.95. The van der Waals surface area contributed by atoms with Gasteiger partial charge in [0.1, 0.15) is 0 Å². The van der Waals surface area contributed by atoms with Gasteiger partial charge in [-0.05, 0) is 37.5 Å². The summed E-state index contributed by atoms with van der Waals surface area (Å²) in [6, 6.07) is 5.24. The second-order valence-corrected chi connectivity index (χ2v) is 5.35. The average Bonchev–Trinajstić information content (AvgIpc) is 2.43. The highest BCUT2D eigenvalue weighted by atomic mass is 35.5. The van der Waals surface area contributed by atoms with Crippen LogP contribution in [-0.2, 0) is 9.59 Å². The van der Waals surface area contributed by atoms with Crippen LogP contribution in [0, 0.1) is 18.8 Å². The number of aryl methyl sites for hydroxylation is 1. The first-order valence-electron chi connectivity index (χ1n) is 6.44. The van der Waals surface area contributed by atoms with Crippen molar-refractivity contribution in [2.24, 2.45) is 11.8 Å². The van der Waals surface area contributed by atoms with Crippen LogP contribution in [0.3, 0.4) is 0 Å². The third kappa shape index (κ3) is 3.20. The normalized spacial score (nSPS) is 21.5. The van der Waals surface area contributed by atoms with Crippen LogP contribution >= 0.6 is 11.6 Å². The van der Waals surface area contributed by atoms with Gasteiger partial charge in [0.05, 0.1) is 11.8 Å². The zero-order chi connectivity index (χ0) is 14.7. The van der Waals surface area contributed by atoms with Crippen LogP contribution in [0.4, 0.5) is 5.69 Å². The van der Waals surface area contributed by atoms with E-state index in [4.69, 9.17) is 16.7 Å². The summed E-state index contributed by atoms with van der Waals surface area (Å²) in [4.78, 5) is 23.4. The van der Waals surface area contributed by atoms with Crippen LogP contribution < -0.4 is 5.32 Å². The molecule has 1 aromatic rings. The number of carbonyl (C=O) groups excluding carboxylic acids is 1. The van der Waals surface area contributed by atoms with E-state index in [0.717, 1.165) is 5.56 Å². The SMILES string of the molecule is Cc1ccc(NC(=O)[C@H]2CC=CC[C@@H]2C(=O)O)cc1Cl. The molecule has 0 heterocycles. The fraction of sp³-hybridized carbons (Fsp3) is 0.333. The quantitative estimate of drug-likeness (QED) is 0.841. The minimum atomic E-state index is -0.934. The molecule has 0 saturated heterocycles. The number of benzene rings is 1. The number of hydrogen-bond acceptors (Lipinski definition) is 2. The minimum Gasteiger partial charge on any atom is -0.481 e. The highest BCUT2D eigenvalue weighted by Crippen LogP contribution is 2.28. The summed E-state index contributed by atoms with van der Waals surface area (Å²) in [5.74, 6) is -2.42. The average molecular weight is 294 g/mol. The van der Waals surface area contributed by atoms with E-state index in [-0.39, 0.29) is 5.91 Å². The molecule has 2 atom stereocenters. The molecule has 0 unspecified atom stereocenters. The molecule has 0 radical (unpaired) electrons. The predicted octanol–water partition coefficient (Wildman–Crippen LogP) is 3.25. The van der Waals surface area contributed by atoms with Gasteiger partial charge in [0.15, 0.2) is 0 Å². The first kappa shape index (κ1) is 14.6. The van der Waals surface area contributed by atoms with Crippen LogP contribution in [0.1, 0.15) is 18.4 Å². The van der Waals surface area contributed by atoms with Crippen molar-refractivity contribution in [1.82, 2.24) is 0 Å². The first-order valence-corrected chi connectivity index (χ1v) is 6.81. The van der Waals surface area contributed by atoms with Gasteiger partial charge in [0.25, 0.3) is 0 Å². The van der Waals surface area contributed by atoms with Crippen molar-refractivity contribution in [2.75, 3.05) is 5.32 Å². The molecule has 0 bridgehead atoms. The highest BCUT2D eigenvalue weighted by Gasteiger charge is 2.33. The Hall–Kier alpha value is -1.81. The largest absolute Gasteiger partial charge is 0.481 e. The molecule has 1 amide bonds. The molecule has 1 aliphatic carbocycles. The van der Waals surface area contributed by atoms with Crippen molar-refractivity contribution >= 4 is 29.2 Å². The third-order valence-corrected chi connectivity index (χ3v) is 3.93. The van der Waals surface area contributed by atoms with Gasteiger partial charge in [-0.2, -0.15) is 0 Å². The number of halogens is 1. The number of rotatable bonds is 3. The van der Waals surface area contributed by atoms with Gasteiger partial charge >= 0.3 is 5.97 Å². The maximum absolute atomic E-state index is 12.2. The van der Waals surface area contributed by atoms with Gasteiger partial charge in [0.2, 0.25) is 5.91 Å². The molecule has 4 nitrogen and oxygen atoms in total. The van der Waals surface area contributed by atoms with Gasteiger partial charge in [-0.25, -0.2) is 0 Å². The summed E-state index contributed by atoms with van der Waals surface area (Å²) in [5, 5.41) is 12.5. The van der Waals surface area contributed by atoms with Crippen LogP contribution in [0.5, 0.6) is 0 Å². The summed E-state index contributed by atoms with van der Waals surface area (Å²) < 4.78 is 0. The van der Waals surface area contributed by atoms with Gasteiger partial charge < -0.3 is 10.4 Å². The summed E-state index contributed by atoms with van der Waals surface area (Å²) in [5.41, 5.74) is 1.51. The van der Waals surface area contributed by atoms with E-state index < -0.39 is 17.8 Å². The van der Waals surface area contributed by atoms with Crippen LogP contribution in [0.25, 0.3) is 0 Å². The molecule has 1 aliphatic rings. The molecule has 2 rings (SSSR count). The third-order valence-electron chi connectivity index (χ3n) is 3.53. The van der Waals surface area contributed by atoms with Gasteiger partial charge in [-0.3, -0.25) is 9.59 Å². The lowest BCUT2D eigenvalue weighted by Crippen LogP contribution is -2.34. The molecule has 106 valence electrons. The molecule has 1 aromatic carbocycles. The Balaban J connectivity index is 2.12. The highest BCUT2D eigenvalue weighted by molar-refractivity contribution is 6.31. The molecule has 0 aliphatic heterocycles. The number of allylic oxidation sites excluding steroid dienone is 2.